The lowest BCUT2D eigenvalue weighted by Crippen LogP contribution is -2.40. The number of nitrogens with zero attached hydrogens (tertiary/aromatic N) is 2. The molecule has 0 unspecified atom stereocenters. The van der Waals surface area contributed by atoms with Gasteiger partial charge in [0.25, 0.3) is 5.91 Å². The molecule has 0 saturated carbocycles. The molecule has 1 saturated heterocycles. The van der Waals surface area contributed by atoms with Gasteiger partial charge in [-0.05, 0) is 49.7 Å². The average molecular weight is 444 g/mol. The van der Waals surface area contributed by atoms with Gasteiger partial charge in [0, 0.05) is 42.0 Å². The van der Waals surface area contributed by atoms with E-state index in [9.17, 15) is 4.79 Å². The Hall–Kier alpha value is -1.80. The summed E-state index contributed by atoms with van der Waals surface area (Å²) in [4.78, 5) is 22.1. The number of fused-ring (bicyclic) bond motifs is 1. The number of methoxy groups -OCH3 is 1. The molecule has 0 aliphatic carbocycles. The maximum absolute atomic E-state index is 13.0. The van der Waals surface area contributed by atoms with E-state index in [1.807, 2.05) is 12.3 Å². The fourth-order valence-electron chi connectivity index (χ4n) is 4.25. The van der Waals surface area contributed by atoms with Crippen LogP contribution >= 0.6 is 22.7 Å². The normalized spacial score (nSPS) is 17.5. The van der Waals surface area contributed by atoms with E-state index in [0.29, 0.717) is 19.2 Å². The molecule has 5 nitrogen and oxygen atoms in total. The number of nitrogens with one attached hydrogen (secondary N) is 1. The lowest BCUT2D eigenvalue weighted by molar-refractivity contribution is 0.0939. The SMILES string of the molecule is COCCNC(=O)c1sc2ccccc2c1C[C@H]1CCCCN1Cc1cnc(C)s1. The molecular weight excluding hydrogens is 414 g/mol. The molecule has 3 aromatic rings. The van der Waals surface area contributed by atoms with Crippen molar-refractivity contribution in [3.8, 4) is 0 Å². The van der Waals surface area contributed by atoms with E-state index in [0.717, 1.165) is 29.4 Å². The topological polar surface area (TPSA) is 54.5 Å². The lowest BCUT2D eigenvalue weighted by Gasteiger charge is -2.35. The molecule has 1 aliphatic rings. The number of hydrogen-bond acceptors (Lipinski definition) is 6. The number of rotatable bonds is 8. The number of thiophene rings is 1. The van der Waals surface area contributed by atoms with Crippen LogP contribution in [0.4, 0.5) is 0 Å². The maximum atomic E-state index is 13.0. The first-order chi connectivity index (χ1) is 14.7. The summed E-state index contributed by atoms with van der Waals surface area (Å²) in [5, 5.41) is 5.36. The van der Waals surface area contributed by atoms with Crippen molar-refractivity contribution >= 4 is 38.7 Å². The monoisotopic (exact) mass is 443 g/mol. The van der Waals surface area contributed by atoms with Crippen LogP contribution in [0.1, 0.15) is 44.4 Å². The second-order valence-corrected chi connectivity index (χ2v) is 10.2. The molecule has 0 bridgehead atoms. The van der Waals surface area contributed by atoms with Gasteiger partial charge in [-0.25, -0.2) is 4.98 Å². The van der Waals surface area contributed by atoms with Crippen molar-refractivity contribution in [2.24, 2.45) is 0 Å². The number of carbonyl (C=O) groups is 1. The highest BCUT2D eigenvalue weighted by Crippen LogP contribution is 2.34. The van der Waals surface area contributed by atoms with E-state index < -0.39 is 0 Å². The Morgan fingerprint density at radius 2 is 2.17 bits per heavy atom. The van der Waals surface area contributed by atoms with Gasteiger partial charge in [-0.3, -0.25) is 9.69 Å². The zero-order valence-electron chi connectivity index (χ0n) is 17.6. The zero-order chi connectivity index (χ0) is 20.9. The van der Waals surface area contributed by atoms with Crippen molar-refractivity contribution in [1.82, 2.24) is 15.2 Å². The first-order valence-corrected chi connectivity index (χ1v) is 12.2. The minimum atomic E-state index is 0.0173. The Morgan fingerprint density at radius 1 is 1.30 bits per heavy atom. The molecule has 30 heavy (non-hydrogen) atoms. The molecule has 7 heteroatoms. The van der Waals surface area contributed by atoms with Crippen molar-refractivity contribution < 1.29 is 9.53 Å². The largest absolute Gasteiger partial charge is 0.383 e. The number of likely N-dealkylation sites (tertiary alicyclic amines) is 1. The Labute approximate surface area is 186 Å². The number of aromatic nitrogens is 1. The van der Waals surface area contributed by atoms with E-state index in [2.05, 4.69) is 40.3 Å². The predicted octanol–water partition coefficient (Wildman–Crippen LogP) is 4.64. The van der Waals surface area contributed by atoms with Crippen LogP contribution in [0, 0.1) is 6.92 Å². The molecular formula is C23H29N3O2S2. The number of amides is 1. The third-order valence-electron chi connectivity index (χ3n) is 5.71. The molecule has 1 aliphatic heterocycles. The number of benzene rings is 1. The second kappa shape index (κ2) is 10.0. The van der Waals surface area contributed by atoms with Gasteiger partial charge >= 0.3 is 0 Å². The summed E-state index contributed by atoms with van der Waals surface area (Å²) in [7, 11) is 1.65. The standard InChI is InChI=1S/C23H29N3O2S2/c1-16-25-14-18(29-16)15-26-11-6-5-7-17(26)13-20-19-8-3-4-9-21(19)30-22(20)23(27)24-10-12-28-2/h3-4,8-9,14,17H,5-7,10-13,15H2,1-2H3,(H,24,27)/t17-/m1/s1. The molecule has 1 aromatic carbocycles. The van der Waals surface area contributed by atoms with Gasteiger partial charge in [0.15, 0.2) is 0 Å². The van der Waals surface area contributed by atoms with E-state index >= 15 is 0 Å². The third kappa shape index (κ3) is 4.91. The van der Waals surface area contributed by atoms with Gasteiger partial charge in [0.2, 0.25) is 0 Å². The second-order valence-electron chi connectivity index (χ2n) is 7.82. The smallest absolute Gasteiger partial charge is 0.261 e. The van der Waals surface area contributed by atoms with Crippen molar-refractivity contribution in [3.63, 3.8) is 0 Å². The van der Waals surface area contributed by atoms with E-state index in [1.54, 1.807) is 29.8 Å². The van der Waals surface area contributed by atoms with Crippen LogP contribution in [-0.2, 0) is 17.7 Å². The average Bonchev–Trinajstić information content (AvgIpc) is 3.33. The van der Waals surface area contributed by atoms with Crippen LogP contribution in [0.5, 0.6) is 0 Å². The number of carbonyl (C=O) groups excluding carboxylic acids is 1. The minimum Gasteiger partial charge on any atom is -0.383 e. The van der Waals surface area contributed by atoms with E-state index in [1.165, 1.54) is 39.8 Å². The molecule has 0 spiro atoms. The van der Waals surface area contributed by atoms with Crippen LogP contribution in [0.25, 0.3) is 10.1 Å². The summed E-state index contributed by atoms with van der Waals surface area (Å²) in [6.45, 7) is 5.18. The quantitative estimate of drug-likeness (QED) is 0.515. The first-order valence-electron chi connectivity index (χ1n) is 10.6. The number of piperidine rings is 1. The van der Waals surface area contributed by atoms with Crippen LogP contribution in [-0.4, -0.2) is 48.6 Å². The Balaban J connectivity index is 1.59. The van der Waals surface area contributed by atoms with Crippen LogP contribution < -0.4 is 5.32 Å². The van der Waals surface area contributed by atoms with Crippen molar-refractivity contribution in [1.29, 1.82) is 0 Å². The number of thiazole rings is 1. The van der Waals surface area contributed by atoms with Crippen LogP contribution in [0.15, 0.2) is 30.5 Å². The summed E-state index contributed by atoms with van der Waals surface area (Å²) < 4.78 is 6.27. The highest BCUT2D eigenvalue weighted by atomic mass is 32.1. The van der Waals surface area contributed by atoms with Crippen molar-refractivity contribution in [3.05, 3.63) is 50.8 Å². The minimum absolute atomic E-state index is 0.0173. The molecule has 1 amide bonds. The fourth-order valence-corrected chi connectivity index (χ4v) is 6.22. The van der Waals surface area contributed by atoms with Crippen molar-refractivity contribution in [2.75, 3.05) is 26.8 Å². The number of hydrogen-bond donors (Lipinski definition) is 1. The van der Waals surface area contributed by atoms with Gasteiger partial charge in [0.1, 0.15) is 0 Å². The summed E-state index contributed by atoms with van der Waals surface area (Å²) in [6.07, 6.45) is 6.59. The van der Waals surface area contributed by atoms with Gasteiger partial charge in [-0.1, -0.05) is 24.6 Å². The maximum Gasteiger partial charge on any atom is 0.261 e. The molecule has 160 valence electrons. The van der Waals surface area contributed by atoms with Gasteiger partial charge in [-0.15, -0.1) is 22.7 Å². The Bertz CT molecular complexity index is 997. The predicted molar refractivity (Wildman–Crippen MR) is 125 cm³/mol. The molecule has 2 aromatic heterocycles. The Morgan fingerprint density at radius 3 is 2.97 bits per heavy atom. The molecule has 0 radical (unpaired) electrons. The Kier molecular flexibility index (Phi) is 7.15. The lowest BCUT2D eigenvalue weighted by atomic mass is 9.94. The van der Waals surface area contributed by atoms with Gasteiger partial charge in [0.05, 0.1) is 16.5 Å². The van der Waals surface area contributed by atoms with Crippen LogP contribution in [0.3, 0.4) is 0 Å². The molecule has 4 rings (SSSR count). The summed E-state index contributed by atoms with van der Waals surface area (Å²) >= 11 is 3.39. The molecule has 1 atom stereocenters. The number of ether oxygens (including phenoxy) is 1. The van der Waals surface area contributed by atoms with Gasteiger partial charge in [-0.2, -0.15) is 0 Å². The highest BCUT2D eigenvalue weighted by Gasteiger charge is 2.27. The van der Waals surface area contributed by atoms with Gasteiger partial charge < -0.3 is 10.1 Å². The third-order valence-corrected chi connectivity index (χ3v) is 7.82. The molecule has 1 N–H and O–H groups in total. The molecule has 1 fully saturated rings. The summed E-state index contributed by atoms with van der Waals surface area (Å²) in [5.41, 5.74) is 1.20. The van der Waals surface area contributed by atoms with E-state index in [4.69, 9.17) is 4.74 Å². The van der Waals surface area contributed by atoms with E-state index in [-0.39, 0.29) is 5.91 Å². The fraction of sp³-hybridized carbons (Fsp3) is 0.478. The van der Waals surface area contributed by atoms with Crippen molar-refractivity contribution in [2.45, 2.75) is 45.2 Å². The first kappa shape index (κ1) is 21.4. The summed E-state index contributed by atoms with van der Waals surface area (Å²) in [5.74, 6) is 0.0173. The number of aryl methyl sites for hydroxylation is 1. The highest BCUT2D eigenvalue weighted by molar-refractivity contribution is 7.21. The zero-order valence-corrected chi connectivity index (χ0v) is 19.3. The summed E-state index contributed by atoms with van der Waals surface area (Å²) in [6, 6.07) is 8.85. The van der Waals surface area contributed by atoms with Crippen LogP contribution in [0.2, 0.25) is 0 Å². The molecule has 3 heterocycles.